The van der Waals surface area contributed by atoms with Gasteiger partial charge in [0.1, 0.15) is 17.0 Å². The van der Waals surface area contributed by atoms with Crippen LogP contribution < -0.4 is 14.2 Å². The fourth-order valence-electron chi connectivity index (χ4n) is 2.72. The van der Waals surface area contributed by atoms with E-state index in [1.807, 2.05) is 6.92 Å². The van der Waals surface area contributed by atoms with Crippen LogP contribution in [0.5, 0.6) is 11.5 Å². The van der Waals surface area contributed by atoms with Crippen molar-refractivity contribution in [3.8, 4) is 11.5 Å². The molecule has 0 fully saturated rings. The number of nitro benzene ring substituents is 1. The molecule has 9 nitrogen and oxygen atoms in total. The third-order valence-corrected chi connectivity index (χ3v) is 5.34. The average Bonchev–Trinajstić information content (AvgIpc) is 2.67. The molecule has 1 aromatic heterocycles. The Bertz CT molecular complexity index is 1150. The number of benzene rings is 2. The van der Waals surface area contributed by atoms with Gasteiger partial charge in [0.25, 0.3) is 15.7 Å². The summed E-state index contributed by atoms with van der Waals surface area (Å²) in [7, 11) is -2.75. The van der Waals surface area contributed by atoms with Crippen LogP contribution in [0.4, 0.5) is 11.4 Å². The van der Waals surface area contributed by atoms with Gasteiger partial charge in [-0.2, -0.15) is 0 Å². The molecule has 0 aliphatic heterocycles. The van der Waals surface area contributed by atoms with Crippen molar-refractivity contribution >= 4 is 32.3 Å². The van der Waals surface area contributed by atoms with Crippen LogP contribution in [0.3, 0.4) is 0 Å². The standard InChI is InChI=1S/C18H17N3O6S/c1-3-27-16-8-9-17(13-5-4-10-19-18(13)16)28(24,25)20-14-11-12(21(22)23)6-7-15(14)26-2/h4-11,20H,3H2,1-2H3. The van der Waals surface area contributed by atoms with E-state index in [-0.39, 0.29) is 22.0 Å². The van der Waals surface area contributed by atoms with E-state index in [4.69, 9.17) is 9.47 Å². The predicted molar refractivity (Wildman–Crippen MR) is 103 cm³/mol. The lowest BCUT2D eigenvalue weighted by molar-refractivity contribution is -0.384. The van der Waals surface area contributed by atoms with E-state index >= 15 is 0 Å². The Morgan fingerprint density at radius 1 is 1.18 bits per heavy atom. The van der Waals surface area contributed by atoms with Crippen molar-refractivity contribution in [3.63, 3.8) is 0 Å². The van der Waals surface area contributed by atoms with E-state index < -0.39 is 14.9 Å². The lowest BCUT2D eigenvalue weighted by Crippen LogP contribution is -2.14. The molecule has 1 N–H and O–H groups in total. The largest absolute Gasteiger partial charge is 0.495 e. The molecule has 0 spiro atoms. The first-order chi connectivity index (χ1) is 13.4. The Morgan fingerprint density at radius 2 is 1.93 bits per heavy atom. The van der Waals surface area contributed by atoms with Gasteiger partial charge in [-0.3, -0.25) is 19.8 Å². The highest BCUT2D eigenvalue weighted by molar-refractivity contribution is 7.93. The van der Waals surface area contributed by atoms with Crippen LogP contribution in [-0.2, 0) is 10.0 Å². The van der Waals surface area contributed by atoms with Gasteiger partial charge in [-0.25, -0.2) is 8.42 Å². The zero-order valence-electron chi connectivity index (χ0n) is 15.1. The van der Waals surface area contributed by atoms with E-state index in [1.54, 1.807) is 12.1 Å². The minimum atomic E-state index is -4.09. The Hall–Kier alpha value is -3.40. The molecule has 0 amide bonds. The number of nitrogens with zero attached hydrogens (tertiary/aromatic N) is 2. The maximum absolute atomic E-state index is 13.0. The summed E-state index contributed by atoms with van der Waals surface area (Å²) in [5.41, 5.74) is 0.0950. The molecule has 3 rings (SSSR count). The van der Waals surface area contributed by atoms with Gasteiger partial charge in [-0.15, -0.1) is 0 Å². The van der Waals surface area contributed by atoms with Crippen molar-refractivity contribution in [1.82, 2.24) is 4.98 Å². The van der Waals surface area contributed by atoms with Crippen molar-refractivity contribution in [2.75, 3.05) is 18.4 Å². The molecule has 2 aromatic carbocycles. The minimum Gasteiger partial charge on any atom is -0.495 e. The van der Waals surface area contributed by atoms with Crippen molar-refractivity contribution in [1.29, 1.82) is 0 Å². The second-order valence-corrected chi connectivity index (χ2v) is 7.29. The van der Waals surface area contributed by atoms with Crippen molar-refractivity contribution in [2.24, 2.45) is 0 Å². The highest BCUT2D eigenvalue weighted by Gasteiger charge is 2.22. The smallest absolute Gasteiger partial charge is 0.271 e. The topological polar surface area (TPSA) is 121 Å². The summed E-state index contributed by atoms with van der Waals surface area (Å²) < 4.78 is 39.1. The number of nitro groups is 1. The first-order valence-corrected chi connectivity index (χ1v) is 9.71. The quantitative estimate of drug-likeness (QED) is 0.474. The Kier molecular flexibility index (Phi) is 5.32. The van der Waals surface area contributed by atoms with Crippen molar-refractivity contribution in [2.45, 2.75) is 11.8 Å². The molecule has 3 aromatic rings. The number of rotatable bonds is 7. The molecular weight excluding hydrogens is 386 g/mol. The van der Waals surface area contributed by atoms with Gasteiger partial charge >= 0.3 is 0 Å². The van der Waals surface area contributed by atoms with Gasteiger partial charge in [0.05, 0.1) is 29.2 Å². The summed E-state index contributed by atoms with van der Waals surface area (Å²) in [5, 5.41) is 11.4. The number of methoxy groups -OCH3 is 1. The molecule has 146 valence electrons. The Balaban J connectivity index is 2.11. The molecule has 0 saturated carbocycles. The van der Waals surface area contributed by atoms with E-state index in [2.05, 4.69) is 9.71 Å². The summed E-state index contributed by atoms with van der Waals surface area (Å²) in [6.45, 7) is 2.22. The average molecular weight is 403 g/mol. The number of aromatic nitrogens is 1. The molecule has 28 heavy (non-hydrogen) atoms. The SMILES string of the molecule is CCOc1ccc(S(=O)(=O)Nc2cc([N+](=O)[O-])ccc2OC)c2cccnc12. The van der Waals surface area contributed by atoms with Gasteiger partial charge in [-0.05, 0) is 37.3 Å². The zero-order chi connectivity index (χ0) is 20.3. The van der Waals surface area contributed by atoms with E-state index in [9.17, 15) is 18.5 Å². The van der Waals surface area contributed by atoms with Gasteiger partial charge in [0.15, 0.2) is 0 Å². The van der Waals surface area contributed by atoms with Crippen LogP contribution in [0, 0.1) is 10.1 Å². The lowest BCUT2D eigenvalue weighted by atomic mass is 10.2. The van der Waals surface area contributed by atoms with E-state index in [1.165, 1.54) is 37.6 Å². The number of non-ortho nitro benzene ring substituents is 1. The molecule has 0 unspecified atom stereocenters. The van der Waals surface area contributed by atoms with Crippen molar-refractivity contribution < 1.29 is 22.8 Å². The highest BCUT2D eigenvalue weighted by Crippen LogP contribution is 2.34. The summed E-state index contributed by atoms with van der Waals surface area (Å²) in [5.74, 6) is 0.618. The van der Waals surface area contributed by atoms with E-state index in [0.717, 1.165) is 6.07 Å². The van der Waals surface area contributed by atoms with Gasteiger partial charge in [0.2, 0.25) is 0 Å². The maximum atomic E-state index is 13.0. The van der Waals surface area contributed by atoms with Gasteiger partial charge in [-0.1, -0.05) is 0 Å². The summed E-state index contributed by atoms with van der Waals surface area (Å²) in [4.78, 5) is 14.6. The minimum absolute atomic E-state index is 0.0346. The Morgan fingerprint density at radius 3 is 2.61 bits per heavy atom. The number of ether oxygens (including phenoxy) is 2. The first kappa shape index (κ1) is 19.4. The highest BCUT2D eigenvalue weighted by atomic mass is 32.2. The summed E-state index contributed by atoms with van der Waals surface area (Å²) in [6, 6.07) is 9.82. The molecule has 0 radical (unpaired) electrons. The number of hydrogen-bond acceptors (Lipinski definition) is 7. The lowest BCUT2D eigenvalue weighted by Gasteiger charge is -2.14. The number of fused-ring (bicyclic) bond motifs is 1. The molecule has 0 bridgehead atoms. The molecule has 0 aliphatic rings. The van der Waals surface area contributed by atoms with Crippen LogP contribution in [0.25, 0.3) is 10.9 Å². The fraction of sp³-hybridized carbons (Fsp3) is 0.167. The monoisotopic (exact) mass is 403 g/mol. The number of pyridine rings is 1. The molecular formula is C18H17N3O6S. The summed E-state index contributed by atoms with van der Waals surface area (Å²) >= 11 is 0. The fourth-order valence-corrected chi connectivity index (χ4v) is 3.98. The van der Waals surface area contributed by atoms with Crippen LogP contribution in [-0.4, -0.2) is 32.0 Å². The summed E-state index contributed by atoms with van der Waals surface area (Å²) in [6.07, 6.45) is 1.54. The van der Waals surface area contributed by atoms with Gasteiger partial charge in [0, 0.05) is 23.7 Å². The zero-order valence-corrected chi connectivity index (χ0v) is 15.9. The third kappa shape index (κ3) is 3.67. The maximum Gasteiger partial charge on any atom is 0.271 e. The molecule has 10 heteroatoms. The number of nitrogens with one attached hydrogen (secondary N) is 1. The molecule has 1 heterocycles. The number of anilines is 1. The first-order valence-electron chi connectivity index (χ1n) is 8.23. The normalized spacial score (nSPS) is 11.2. The predicted octanol–water partition coefficient (Wildman–Crippen LogP) is 3.35. The number of hydrogen-bond donors (Lipinski definition) is 1. The van der Waals surface area contributed by atoms with Crippen LogP contribution in [0.2, 0.25) is 0 Å². The Labute approximate surface area is 161 Å². The van der Waals surface area contributed by atoms with Gasteiger partial charge < -0.3 is 9.47 Å². The van der Waals surface area contributed by atoms with E-state index in [0.29, 0.717) is 23.3 Å². The van der Waals surface area contributed by atoms with Crippen LogP contribution in [0.1, 0.15) is 6.92 Å². The molecule has 0 aliphatic carbocycles. The second kappa shape index (κ2) is 7.69. The van der Waals surface area contributed by atoms with Crippen LogP contribution in [0.15, 0.2) is 53.6 Å². The molecule has 0 atom stereocenters. The number of sulfonamides is 1. The third-order valence-electron chi connectivity index (χ3n) is 3.92. The molecule has 0 saturated heterocycles. The second-order valence-electron chi connectivity index (χ2n) is 5.64. The van der Waals surface area contributed by atoms with Crippen molar-refractivity contribution in [3.05, 3.63) is 58.8 Å². The van der Waals surface area contributed by atoms with Crippen LogP contribution >= 0.6 is 0 Å².